The van der Waals surface area contributed by atoms with Crippen LogP contribution in [0.25, 0.3) is 0 Å². The summed E-state index contributed by atoms with van der Waals surface area (Å²) in [7, 11) is 2.66. The summed E-state index contributed by atoms with van der Waals surface area (Å²) in [4.78, 5) is 44.9. The maximum absolute atomic E-state index is 11.5. The van der Waals surface area contributed by atoms with Gasteiger partial charge in [0, 0.05) is 38.8 Å². The molecule has 0 bridgehead atoms. The van der Waals surface area contributed by atoms with Gasteiger partial charge in [-0.15, -0.1) is 0 Å². The van der Waals surface area contributed by atoms with E-state index in [-0.39, 0.29) is 36.6 Å². The Labute approximate surface area is 155 Å². The lowest BCUT2D eigenvalue weighted by Crippen LogP contribution is -2.25. The summed E-state index contributed by atoms with van der Waals surface area (Å²) in [6, 6.07) is 0. The van der Waals surface area contributed by atoms with Crippen molar-refractivity contribution < 1.29 is 28.7 Å². The highest BCUT2D eigenvalue weighted by Gasteiger charge is 2.05. The molecule has 0 aliphatic heterocycles. The fourth-order valence-electron chi connectivity index (χ4n) is 2.23. The van der Waals surface area contributed by atoms with Crippen molar-refractivity contribution >= 4 is 23.8 Å². The van der Waals surface area contributed by atoms with E-state index in [4.69, 9.17) is 0 Å². The van der Waals surface area contributed by atoms with Gasteiger partial charge in [0.2, 0.25) is 11.8 Å². The number of methoxy groups -OCH3 is 2. The Morgan fingerprint density at radius 3 is 1.31 bits per heavy atom. The van der Waals surface area contributed by atoms with Crippen molar-refractivity contribution in [3.05, 3.63) is 0 Å². The summed E-state index contributed by atoms with van der Waals surface area (Å²) in [5, 5.41) is 5.64. The van der Waals surface area contributed by atoms with E-state index >= 15 is 0 Å². The average Bonchev–Trinajstić information content (AvgIpc) is 2.63. The Balaban J connectivity index is 3.37. The zero-order valence-corrected chi connectivity index (χ0v) is 15.9. The molecule has 0 saturated heterocycles. The van der Waals surface area contributed by atoms with Crippen LogP contribution in [0.1, 0.15) is 64.2 Å². The van der Waals surface area contributed by atoms with Gasteiger partial charge in [0.25, 0.3) is 0 Å². The van der Waals surface area contributed by atoms with E-state index in [9.17, 15) is 19.2 Å². The quantitative estimate of drug-likeness (QED) is 0.333. The summed E-state index contributed by atoms with van der Waals surface area (Å²) in [5.41, 5.74) is 0. The van der Waals surface area contributed by atoms with E-state index in [0.717, 1.165) is 25.7 Å². The van der Waals surface area contributed by atoms with Gasteiger partial charge < -0.3 is 20.1 Å². The summed E-state index contributed by atoms with van der Waals surface area (Å²) < 4.78 is 9.02. The number of unbranched alkanes of at least 4 members (excludes halogenated alkanes) is 3. The molecule has 0 spiro atoms. The number of ether oxygens (including phenoxy) is 2. The van der Waals surface area contributed by atoms with E-state index in [1.54, 1.807) is 0 Å². The van der Waals surface area contributed by atoms with E-state index in [1.165, 1.54) is 14.2 Å². The molecule has 0 rings (SSSR count). The molecule has 26 heavy (non-hydrogen) atoms. The first-order valence-electron chi connectivity index (χ1n) is 9.16. The molecule has 0 fully saturated rings. The van der Waals surface area contributed by atoms with Crippen LogP contribution in [0.5, 0.6) is 0 Å². The smallest absolute Gasteiger partial charge is 0.305 e. The standard InChI is InChI=1S/C18H32N2O6/c1-25-17(23)11-7-9-15(21)19-13-5-3-4-6-14-20-16(22)10-8-12-18(24)26-2/h3-14H2,1-2H3,(H,19,21)(H,20,22). The highest BCUT2D eigenvalue weighted by molar-refractivity contribution is 5.77. The van der Waals surface area contributed by atoms with Crippen LogP contribution in [0.2, 0.25) is 0 Å². The third-order valence-corrected chi connectivity index (χ3v) is 3.77. The maximum Gasteiger partial charge on any atom is 0.305 e. The first-order valence-corrected chi connectivity index (χ1v) is 9.16. The molecule has 150 valence electrons. The molecule has 0 aromatic rings. The summed E-state index contributed by atoms with van der Waals surface area (Å²) in [5.74, 6) is -0.692. The molecule has 8 nitrogen and oxygen atoms in total. The summed E-state index contributed by atoms with van der Waals surface area (Å²) in [6.45, 7) is 1.24. The lowest BCUT2D eigenvalue weighted by atomic mass is 10.2. The van der Waals surface area contributed by atoms with Crippen LogP contribution in [0.3, 0.4) is 0 Å². The monoisotopic (exact) mass is 372 g/mol. The topological polar surface area (TPSA) is 111 Å². The van der Waals surface area contributed by atoms with Gasteiger partial charge in [-0.3, -0.25) is 19.2 Å². The van der Waals surface area contributed by atoms with E-state index < -0.39 is 0 Å². The molecular formula is C18H32N2O6. The Morgan fingerprint density at radius 2 is 0.962 bits per heavy atom. The molecule has 0 aliphatic rings. The number of hydrogen-bond acceptors (Lipinski definition) is 6. The van der Waals surface area contributed by atoms with Crippen LogP contribution in [-0.4, -0.2) is 51.1 Å². The Kier molecular flexibility index (Phi) is 15.0. The lowest BCUT2D eigenvalue weighted by Gasteiger charge is -2.06. The summed E-state index contributed by atoms with van der Waals surface area (Å²) in [6.07, 6.45) is 5.90. The number of amides is 2. The molecule has 0 aliphatic carbocycles. The normalized spacial score (nSPS) is 10.1. The molecule has 0 aromatic carbocycles. The first kappa shape index (κ1) is 23.9. The van der Waals surface area contributed by atoms with Crippen molar-refractivity contribution in [2.45, 2.75) is 64.2 Å². The number of nitrogens with one attached hydrogen (secondary N) is 2. The molecule has 2 amide bonds. The Bertz CT molecular complexity index is 399. The fourth-order valence-corrected chi connectivity index (χ4v) is 2.23. The minimum absolute atomic E-state index is 0.0480. The third kappa shape index (κ3) is 15.4. The van der Waals surface area contributed by atoms with Crippen molar-refractivity contribution in [2.24, 2.45) is 0 Å². The van der Waals surface area contributed by atoms with Crippen LogP contribution < -0.4 is 10.6 Å². The van der Waals surface area contributed by atoms with E-state index in [0.29, 0.717) is 38.8 Å². The molecule has 0 saturated carbocycles. The zero-order valence-electron chi connectivity index (χ0n) is 15.9. The summed E-state index contributed by atoms with van der Waals surface area (Å²) >= 11 is 0. The molecule has 0 radical (unpaired) electrons. The molecule has 0 heterocycles. The minimum Gasteiger partial charge on any atom is -0.469 e. The molecule has 0 aromatic heterocycles. The molecular weight excluding hydrogens is 340 g/mol. The SMILES string of the molecule is COC(=O)CCCC(=O)NCCCCCCNC(=O)CCCC(=O)OC. The van der Waals surface area contributed by atoms with Crippen LogP contribution >= 0.6 is 0 Å². The zero-order chi connectivity index (χ0) is 19.6. The van der Waals surface area contributed by atoms with Gasteiger partial charge >= 0.3 is 11.9 Å². The number of esters is 2. The van der Waals surface area contributed by atoms with Crippen molar-refractivity contribution in [2.75, 3.05) is 27.3 Å². The Hall–Kier alpha value is -2.12. The van der Waals surface area contributed by atoms with Gasteiger partial charge in [-0.2, -0.15) is 0 Å². The highest BCUT2D eigenvalue weighted by Crippen LogP contribution is 2.01. The lowest BCUT2D eigenvalue weighted by molar-refractivity contribution is -0.141. The predicted molar refractivity (Wildman–Crippen MR) is 96.2 cm³/mol. The van der Waals surface area contributed by atoms with Crippen molar-refractivity contribution in [3.8, 4) is 0 Å². The average molecular weight is 372 g/mol. The van der Waals surface area contributed by atoms with Gasteiger partial charge in [-0.25, -0.2) is 0 Å². The molecule has 2 N–H and O–H groups in total. The van der Waals surface area contributed by atoms with Gasteiger partial charge in [0.05, 0.1) is 14.2 Å². The van der Waals surface area contributed by atoms with Gasteiger partial charge in [0.15, 0.2) is 0 Å². The van der Waals surface area contributed by atoms with Crippen LogP contribution in [0, 0.1) is 0 Å². The second kappa shape index (κ2) is 16.4. The fraction of sp³-hybridized carbons (Fsp3) is 0.778. The largest absolute Gasteiger partial charge is 0.469 e. The van der Waals surface area contributed by atoms with Crippen LogP contribution in [0.15, 0.2) is 0 Å². The third-order valence-electron chi connectivity index (χ3n) is 3.77. The van der Waals surface area contributed by atoms with E-state index in [1.807, 2.05) is 0 Å². The minimum atomic E-state index is -0.298. The number of rotatable bonds is 15. The van der Waals surface area contributed by atoms with Gasteiger partial charge in [-0.05, 0) is 25.7 Å². The maximum atomic E-state index is 11.5. The van der Waals surface area contributed by atoms with E-state index in [2.05, 4.69) is 20.1 Å². The second-order valence-corrected chi connectivity index (χ2v) is 5.97. The van der Waals surface area contributed by atoms with Crippen molar-refractivity contribution in [3.63, 3.8) is 0 Å². The molecule has 8 heteroatoms. The first-order chi connectivity index (χ1) is 12.5. The Morgan fingerprint density at radius 1 is 0.577 bits per heavy atom. The highest BCUT2D eigenvalue weighted by atomic mass is 16.5. The van der Waals surface area contributed by atoms with Crippen molar-refractivity contribution in [1.82, 2.24) is 10.6 Å². The van der Waals surface area contributed by atoms with Gasteiger partial charge in [0.1, 0.15) is 0 Å². The van der Waals surface area contributed by atoms with Crippen molar-refractivity contribution in [1.29, 1.82) is 0 Å². The molecule has 0 atom stereocenters. The predicted octanol–water partition coefficient (Wildman–Crippen LogP) is 1.47. The number of carbonyl (C=O) groups is 4. The molecule has 0 unspecified atom stereocenters. The van der Waals surface area contributed by atoms with Crippen LogP contribution in [-0.2, 0) is 28.7 Å². The number of carbonyl (C=O) groups excluding carboxylic acids is 4. The van der Waals surface area contributed by atoms with Gasteiger partial charge in [-0.1, -0.05) is 12.8 Å². The number of hydrogen-bond donors (Lipinski definition) is 2. The van der Waals surface area contributed by atoms with Crippen LogP contribution in [0.4, 0.5) is 0 Å². The second-order valence-electron chi connectivity index (χ2n) is 5.97.